The van der Waals surface area contributed by atoms with Gasteiger partial charge >= 0.3 is 13.1 Å². The first kappa shape index (κ1) is 14.5. The lowest BCUT2D eigenvalue weighted by molar-refractivity contribution is 0.00696. The van der Waals surface area contributed by atoms with E-state index in [0.717, 1.165) is 3.57 Å². The first-order valence-electron chi connectivity index (χ1n) is 5.09. The van der Waals surface area contributed by atoms with E-state index in [1.807, 2.05) is 22.6 Å². The first-order valence-corrected chi connectivity index (χ1v) is 6.17. The Morgan fingerprint density at radius 2 is 1.88 bits per heavy atom. The molecule has 0 bridgehead atoms. The molecule has 92 valence electrons. The van der Waals surface area contributed by atoms with Crippen LogP contribution in [0.25, 0.3) is 0 Å². The van der Waals surface area contributed by atoms with E-state index in [2.05, 4.69) is 0 Å². The summed E-state index contributed by atoms with van der Waals surface area (Å²) in [6.07, 6.45) is 0. The van der Waals surface area contributed by atoms with Gasteiger partial charge in [-0.15, -0.1) is 0 Å². The van der Waals surface area contributed by atoms with Crippen molar-refractivity contribution in [3.63, 3.8) is 0 Å². The number of benzene rings is 1. The zero-order chi connectivity index (χ0) is 13.2. The van der Waals surface area contributed by atoms with Gasteiger partial charge in [0, 0.05) is 3.57 Å². The van der Waals surface area contributed by atoms with Crippen LogP contribution in [0.3, 0.4) is 0 Å². The molecule has 1 aromatic carbocycles. The van der Waals surface area contributed by atoms with E-state index in [0.29, 0.717) is 5.56 Å². The van der Waals surface area contributed by atoms with Crippen molar-refractivity contribution in [3.8, 4) is 0 Å². The van der Waals surface area contributed by atoms with Gasteiger partial charge < -0.3 is 14.8 Å². The lowest BCUT2D eigenvalue weighted by Gasteiger charge is -2.19. The Balaban J connectivity index is 3.02. The van der Waals surface area contributed by atoms with Crippen LogP contribution in [-0.4, -0.2) is 28.7 Å². The summed E-state index contributed by atoms with van der Waals surface area (Å²) < 4.78 is 5.95. The second kappa shape index (κ2) is 5.37. The van der Waals surface area contributed by atoms with Crippen LogP contribution in [0, 0.1) is 3.57 Å². The summed E-state index contributed by atoms with van der Waals surface area (Å²) in [7, 11) is -1.59. The quantitative estimate of drug-likeness (QED) is 0.474. The Hall–Kier alpha value is -0.595. The van der Waals surface area contributed by atoms with Crippen LogP contribution >= 0.6 is 22.6 Å². The van der Waals surface area contributed by atoms with Crippen LogP contribution in [0.15, 0.2) is 18.2 Å². The summed E-state index contributed by atoms with van der Waals surface area (Å²) >= 11 is 2.01. The van der Waals surface area contributed by atoms with E-state index in [-0.39, 0.29) is 5.46 Å². The maximum atomic E-state index is 11.8. The largest absolute Gasteiger partial charge is 0.488 e. The minimum absolute atomic E-state index is 0.276. The smallest absolute Gasteiger partial charge is 0.456 e. The monoisotopic (exact) mass is 348 g/mol. The van der Waals surface area contributed by atoms with Gasteiger partial charge in [0.15, 0.2) is 0 Å². The minimum atomic E-state index is -1.59. The maximum Gasteiger partial charge on any atom is 0.488 e. The van der Waals surface area contributed by atoms with Gasteiger partial charge in [-0.05, 0) is 67.0 Å². The third-order valence-corrected chi connectivity index (χ3v) is 2.48. The molecular formula is C11H14BIO4. The van der Waals surface area contributed by atoms with Crippen molar-refractivity contribution in [2.75, 3.05) is 0 Å². The molecule has 2 N–H and O–H groups in total. The topological polar surface area (TPSA) is 66.8 Å². The van der Waals surface area contributed by atoms with Crippen molar-refractivity contribution in [2.45, 2.75) is 26.4 Å². The molecule has 0 saturated heterocycles. The number of rotatable bonds is 2. The van der Waals surface area contributed by atoms with Gasteiger partial charge in [-0.2, -0.15) is 0 Å². The third kappa shape index (κ3) is 4.65. The highest BCUT2D eigenvalue weighted by Crippen LogP contribution is 2.13. The number of carbonyl (C=O) groups is 1. The summed E-state index contributed by atoms with van der Waals surface area (Å²) in [6, 6.07) is 4.65. The van der Waals surface area contributed by atoms with E-state index in [4.69, 9.17) is 14.8 Å². The zero-order valence-corrected chi connectivity index (χ0v) is 12.1. The molecule has 0 amide bonds. The standard InChI is InChI=1S/C11H14BIO4/c1-11(2,3)17-10(14)7-4-8(12(15)16)6-9(13)5-7/h4-6,15-16H,1-3H3. The van der Waals surface area contributed by atoms with Crippen LogP contribution < -0.4 is 5.46 Å². The molecule has 0 fully saturated rings. The zero-order valence-electron chi connectivity index (χ0n) is 9.90. The van der Waals surface area contributed by atoms with Gasteiger partial charge in [-0.25, -0.2) is 4.79 Å². The van der Waals surface area contributed by atoms with Crippen molar-refractivity contribution in [1.29, 1.82) is 0 Å². The molecule has 1 rings (SSSR count). The Bertz CT molecular complexity index is 426. The lowest BCUT2D eigenvalue weighted by atomic mass is 9.79. The highest BCUT2D eigenvalue weighted by molar-refractivity contribution is 14.1. The van der Waals surface area contributed by atoms with Gasteiger partial charge in [0.05, 0.1) is 5.56 Å². The average Bonchev–Trinajstić information content (AvgIpc) is 2.13. The summed E-state index contributed by atoms with van der Waals surface area (Å²) in [4.78, 5) is 11.8. The van der Waals surface area contributed by atoms with Gasteiger partial charge in [0.1, 0.15) is 5.60 Å². The number of hydrogen-bond acceptors (Lipinski definition) is 4. The van der Waals surface area contributed by atoms with Crippen LogP contribution in [0.1, 0.15) is 31.1 Å². The fourth-order valence-electron chi connectivity index (χ4n) is 1.22. The van der Waals surface area contributed by atoms with E-state index in [1.165, 1.54) is 6.07 Å². The number of esters is 1. The van der Waals surface area contributed by atoms with Gasteiger partial charge in [0.25, 0.3) is 0 Å². The van der Waals surface area contributed by atoms with E-state index in [1.54, 1.807) is 32.9 Å². The summed E-state index contributed by atoms with van der Waals surface area (Å²) in [5, 5.41) is 18.2. The molecule has 1 aromatic rings. The Morgan fingerprint density at radius 1 is 1.29 bits per heavy atom. The van der Waals surface area contributed by atoms with E-state index in [9.17, 15) is 4.79 Å². The molecule has 0 unspecified atom stereocenters. The highest BCUT2D eigenvalue weighted by Gasteiger charge is 2.20. The predicted molar refractivity (Wildman–Crippen MR) is 74.2 cm³/mol. The molecule has 17 heavy (non-hydrogen) atoms. The summed E-state index contributed by atoms with van der Waals surface area (Å²) in [6.45, 7) is 5.34. The van der Waals surface area contributed by atoms with Crippen molar-refractivity contribution in [1.82, 2.24) is 0 Å². The normalized spacial score (nSPS) is 11.2. The Labute approximate surface area is 114 Å². The van der Waals surface area contributed by atoms with Crippen molar-refractivity contribution in [2.24, 2.45) is 0 Å². The van der Waals surface area contributed by atoms with Crippen molar-refractivity contribution in [3.05, 3.63) is 27.3 Å². The third-order valence-electron chi connectivity index (χ3n) is 1.85. The van der Waals surface area contributed by atoms with Crippen molar-refractivity contribution < 1.29 is 19.6 Å². The van der Waals surface area contributed by atoms with Gasteiger partial charge in [0.2, 0.25) is 0 Å². The number of ether oxygens (including phenoxy) is 1. The fourth-order valence-corrected chi connectivity index (χ4v) is 1.91. The summed E-state index contributed by atoms with van der Waals surface area (Å²) in [5.41, 5.74) is 0.0174. The molecule has 0 saturated carbocycles. The Kier molecular flexibility index (Phi) is 4.57. The first-order chi connectivity index (χ1) is 7.69. The highest BCUT2D eigenvalue weighted by atomic mass is 127. The van der Waals surface area contributed by atoms with Crippen LogP contribution in [-0.2, 0) is 4.74 Å². The number of halogens is 1. The second-order valence-electron chi connectivity index (χ2n) is 4.65. The molecular weight excluding hydrogens is 334 g/mol. The average molecular weight is 348 g/mol. The SMILES string of the molecule is CC(C)(C)OC(=O)c1cc(I)cc(B(O)O)c1. The molecule has 6 heteroatoms. The predicted octanol–water partition coefficient (Wildman–Crippen LogP) is 0.926. The van der Waals surface area contributed by atoms with Gasteiger partial charge in [-0.1, -0.05) is 0 Å². The van der Waals surface area contributed by atoms with Crippen LogP contribution in [0.2, 0.25) is 0 Å². The fraction of sp³-hybridized carbons (Fsp3) is 0.364. The number of carbonyl (C=O) groups excluding carboxylic acids is 1. The molecule has 0 aliphatic heterocycles. The number of hydrogen-bond donors (Lipinski definition) is 2. The van der Waals surface area contributed by atoms with E-state index < -0.39 is 18.7 Å². The van der Waals surface area contributed by atoms with Crippen LogP contribution in [0.5, 0.6) is 0 Å². The summed E-state index contributed by atoms with van der Waals surface area (Å²) in [5.74, 6) is -0.474. The molecule has 0 spiro atoms. The lowest BCUT2D eigenvalue weighted by Crippen LogP contribution is -2.31. The van der Waals surface area contributed by atoms with Crippen molar-refractivity contribution >= 4 is 41.1 Å². The van der Waals surface area contributed by atoms with Gasteiger partial charge in [-0.3, -0.25) is 0 Å². The molecule has 0 radical (unpaired) electrons. The van der Waals surface area contributed by atoms with E-state index >= 15 is 0 Å². The second-order valence-corrected chi connectivity index (χ2v) is 5.89. The molecule has 0 aromatic heterocycles. The molecule has 0 atom stereocenters. The maximum absolute atomic E-state index is 11.8. The Morgan fingerprint density at radius 3 is 2.35 bits per heavy atom. The molecule has 0 aliphatic carbocycles. The minimum Gasteiger partial charge on any atom is -0.456 e. The molecule has 4 nitrogen and oxygen atoms in total. The molecule has 0 heterocycles. The van der Waals surface area contributed by atoms with Crippen LogP contribution in [0.4, 0.5) is 0 Å². The molecule has 0 aliphatic rings.